The molecule has 1 saturated heterocycles. The fraction of sp³-hybridized carbons (Fsp3) is 0.270. The summed E-state index contributed by atoms with van der Waals surface area (Å²) in [7, 11) is 0. The Morgan fingerprint density at radius 3 is 1.03 bits per heavy atom. The van der Waals surface area contributed by atoms with Crippen molar-refractivity contribution in [2.45, 2.75) is 80.8 Å². The number of hydrogen-bond donors (Lipinski definition) is 3. The third kappa shape index (κ3) is 32.6. The summed E-state index contributed by atoms with van der Waals surface area (Å²) in [6.45, 7) is 30.1. The summed E-state index contributed by atoms with van der Waals surface area (Å²) in [4.78, 5) is 111. The van der Waals surface area contributed by atoms with E-state index in [0.717, 1.165) is 21.5 Å². The van der Waals surface area contributed by atoms with Crippen molar-refractivity contribution in [2.75, 3.05) is 52.9 Å². The van der Waals surface area contributed by atoms with Gasteiger partial charge in [-0.15, -0.1) is 0 Å². The van der Waals surface area contributed by atoms with Crippen LogP contribution >= 0.6 is 11.6 Å². The number of aromatic hydroxyl groups is 1. The molecular formula is C74H81ClO26. The van der Waals surface area contributed by atoms with Gasteiger partial charge in [0.15, 0.2) is 6.10 Å². The van der Waals surface area contributed by atoms with E-state index in [0.29, 0.717) is 63.9 Å². The predicted molar refractivity (Wildman–Crippen MR) is 377 cm³/mol. The molecular weight excluding hydrogens is 1340 g/mol. The first-order valence-corrected chi connectivity index (χ1v) is 29.9. The molecule has 9 rings (SSSR count). The molecule has 3 N–H and O–H groups in total. The maximum Gasteiger partial charge on any atom is 0.336 e. The van der Waals surface area contributed by atoms with E-state index in [9.17, 15) is 58.2 Å². The molecule has 0 bridgehead atoms. The number of allylic oxidation sites excluding steroid dienone is 1. The van der Waals surface area contributed by atoms with Crippen LogP contribution in [0, 0.1) is 0 Å². The molecule has 1 fully saturated rings. The van der Waals surface area contributed by atoms with E-state index >= 15 is 0 Å². The van der Waals surface area contributed by atoms with E-state index in [1.54, 1.807) is 105 Å². The SMILES string of the molecule is C.C.C=C(C)C(=O)Cl.C=C(C)C(=O)OCC(COc1ccc2ccc(=O)oc2c1)OC(=O)C(=C)C.C=C(C)C(=O)OCC(O)COc1ccc2ccc(=O)oc2c1.C=C(C)C(=O)OCC(O)COc1ccc2ccc(=O)oc2c1.C=C(C)C(=O)OCC1CO1.O=c1ccc2ccc(O)cc2o1. The van der Waals surface area contributed by atoms with Gasteiger partial charge in [-0.3, -0.25) is 4.79 Å². The van der Waals surface area contributed by atoms with Crippen molar-refractivity contribution >= 4 is 90.6 Å². The van der Waals surface area contributed by atoms with Gasteiger partial charge in [0.2, 0.25) is 5.24 Å². The van der Waals surface area contributed by atoms with Crippen LogP contribution in [0.2, 0.25) is 0 Å². The Hall–Kier alpha value is -11.5. The monoisotopic (exact) mass is 1420 g/mol. The fourth-order valence-electron chi connectivity index (χ4n) is 6.82. The number of aliphatic hydroxyl groups is 2. The molecule has 0 radical (unpaired) electrons. The third-order valence-corrected chi connectivity index (χ3v) is 12.4. The maximum absolute atomic E-state index is 11.8. The number of carbonyl (C=O) groups is 6. The Kier molecular flexibility index (Phi) is 36.5. The van der Waals surface area contributed by atoms with E-state index in [1.165, 1.54) is 58.0 Å². The van der Waals surface area contributed by atoms with E-state index in [1.807, 2.05) is 0 Å². The highest BCUT2D eigenvalue weighted by molar-refractivity contribution is 6.67. The highest BCUT2D eigenvalue weighted by Gasteiger charge is 2.24. The summed E-state index contributed by atoms with van der Waals surface area (Å²) in [5.74, 6) is -1.32. The normalized spacial score (nSPS) is 12.1. The topological polar surface area (TPSA) is 370 Å². The molecule has 1 aliphatic rings. The lowest BCUT2D eigenvalue weighted by Gasteiger charge is -2.18. The summed E-state index contributed by atoms with van der Waals surface area (Å²) >= 11 is 4.87. The van der Waals surface area contributed by atoms with Gasteiger partial charge < -0.3 is 75.6 Å². The van der Waals surface area contributed by atoms with E-state index in [-0.39, 0.29) is 94.6 Å². The van der Waals surface area contributed by atoms with Gasteiger partial charge in [-0.2, -0.15) is 0 Å². The Morgan fingerprint density at radius 1 is 0.426 bits per heavy atom. The number of carbonyl (C=O) groups excluding carboxylic acids is 6. The largest absolute Gasteiger partial charge is 0.508 e. The number of ether oxygens (including phenoxy) is 9. The molecule has 4 atom stereocenters. The minimum Gasteiger partial charge on any atom is -0.508 e. The van der Waals surface area contributed by atoms with Crippen LogP contribution in [-0.4, -0.2) is 128 Å². The number of phenols is 1. The van der Waals surface area contributed by atoms with Crippen LogP contribution in [0.3, 0.4) is 0 Å². The van der Waals surface area contributed by atoms with Crippen LogP contribution in [0.1, 0.15) is 56.4 Å². The Morgan fingerprint density at radius 2 is 0.713 bits per heavy atom. The van der Waals surface area contributed by atoms with Gasteiger partial charge in [0, 0.05) is 104 Å². The van der Waals surface area contributed by atoms with Crippen molar-refractivity contribution in [1.29, 1.82) is 0 Å². The number of esters is 5. The first-order valence-electron chi connectivity index (χ1n) is 29.5. The molecule has 0 aliphatic carbocycles. The highest BCUT2D eigenvalue weighted by atomic mass is 35.5. The van der Waals surface area contributed by atoms with Crippen molar-refractivity contribution in [3.8, 4) is 23.0 Å². The van der Waals surface area contributed by atoms with Crippen molar-refractivity contribution < 1.29 is 104 Å². The lowest BCUT2D eigenvalue weighted by Crippen LogP contribution is -2.31. The minimum atomic E-state index is -0.971. The van der Waals surface area contributed by atoms with Gasteiger partial charge in [-0.25, -0.2) is 43.2 Å². The van der Waals surface area contributed by atoms with Gasteiger partial charge in [0.25, 0.3) is 0 Å². The van der Waals surface area contributed by atoms with Crippen LogP contribution in [0.5, 0.6) is 23.0 Å². The molecule has 4 aromatic carbocycles. The Balaban J connectivity index is 0.000000432. The summed E-state index contributed by atoms with van der Waals surface area (Å²) in [6.07, 6.45) is -2.65. The number of hydrogen-bond acceptors (Lipinski definition) is 26. The molecule has 0 spiro atoms. The molecule has 5 heterocycles. The number of halogens is 1. The van der Waals surface area contributed by atoms with Gasteiger partial charge in [0.05, 0.1) is 6.61 Å². The quantitative estimate of drug-likeness (QED) is 0.0126. The molecule has 0 saturated carbocycles. The van der Waals surface area contributed by atoms with E-state index < -0.39 is 69.9 Å². The summed E-state index contributed by atoms with van der Waals surface area (Å²) in [5.41, 5.74) is 1.56. The number of phenolic OH excluding ortho intramolecular Hbond substituents is 1. The number of epoxide rings is 1. The molecule has 27 heteroatoms. The van der Waals surface area contributed by atoms with Gasteiger partial charge in [0.1, 0.15) is 110 Å². The van der Waals surface area contributed by atoms with Crippen molar-refractivity contribution in [3.05, 3.63) is 236 Å². The molecule has 540 valence electrons. The van der Waals surface area contributed by atoms with Crippen molar-refractivity contribution in [2.24, 2.45) is 0 Å². The van der Waals surface area contributed by atoms with E-state index in [2.05, 4.69) is 39.5 Å². The van der Waals surface area contributed by atoms with Crippen LogP contribution in [0.15, 0.2) is 231 Å². The van der Waals surface area contributed by atoms with Gasteiger partial charge >= 0.3 is 52.3 Å². The lowest BCUT2D eigenvalue weighted by atomic mass is 10.2. The second-order valence-electron chi connectivity index (χ2n) is 21.4. The minimum absolute atomic E-state index is 0. The standard InChI is InChI=1S/C20H20O7.2C16H16O6.C9H6O3.C7H10O3.C4H5ClO.2CH4/c1-12(2)19(22)25-11-16(26-20(23)13(3)4)10-24-15-7-5-14-6-8-18(21)27-17(14)9-15;2*1-10(2)16(19)21-9-12(17)8-20-13-5-3-11-4-6-15(18)22-14(11)7-13;10-7-3-1-6-2-4-9(11)12-8(6)5-7;1-5(2)7(8)10-4-6-3-9-6;1-3(2)4(5)6;;/h5-9,16H,1,3,10-11H2,2,4H3;2*3-7,12,17H,1,8-9H2,2H3;1-5,10H;6H,1,3-4H2,2H3;1H2,2H3;2*1H4. The molecule has 26 nitrogen and oxygen atoms in total. The molecule has 0 amide bonds. The third-order valence-electron chi connectivity index (χ3n) is 12.1. The molecule has 4 aromatic heterocycles. The van der Waals surface area contributed by atoms with Crippen LogP contribution in [0.25, 0.3) is 43.9 Å². The summed E-state index contributed by atoms with van der Waals surface area (Å²) in [6, 6.07) is 31.5. The Labute approximate surface area is 585 Å². The van der Waals surface area contributed by atoms with Gasteiger partial charge in [-0.05, 0) is 126 Å². The van der Waals surface area contributed by atoms with E-state index in [4.69, 9.17) is 77.0 Å². The zero-order valence-corrected chi connectivity index (χ0v) is 55.6. The Bertz CT molecular complexity index is 4350. The maximum atomic E-state index is 11.8. The van der Waals surface area contributed by atoms with Crippen LogP contribution < -0.4 is 36.7 Å². The highest BCUT2D eigenvalue weighted by Crippen LogP contribution is 2.23. The fourth-order valence-corrected chi connectivity index (χ4v) is 6.82. The number of fused-ring (bicyclic) bond motifs is 4. The number of rotatable bonds is 24. The zero-order valence-electron chi connectivity index (χ0n) is 54.9. The first kappa shape index (κ1) is 85.6. The molecule has 101 heavy (non-hydrogen) atoms. The summed E-state index contributed by atoms with van der Waals surface area (Å²) < 4.78 is 65.9. The number of benzene rings is 4. The second kappa shape index (κ2) is 43.1. The summed E-state index contributed by atoms with van der Waals surface area (Å²) in [5, 5.41) is 31.1. The van der Waals surface area contributed by atoms with Crippen molar-refractivity contribution in [1.82, 2.24) is 0 Å². The molecule has 1 aliphatic heterocycles. The number of aliphatic hydroxyl groups excluding tert-OH is 2. The average molecular weight is 1420 g/mol. The second-order valence-corrected chi connectivity index (χ2v) is 21.8. The lowest BCUT2D eigenvalue weighted by molar-refractivity contribution is -0.155. The van der Waals surface area contributed by atoms with Gasteiger partial charge in [-0.1, -0.05) is 54.3 Å². The smallest absolute Gasteiger partial charge is 0.336 e. The van der Waals surface area contributed by atoms with Crippen LogP contribution in [0.4, 0.5) is 0 Å². The first-order chi connectivity index (χ1) is 46.8. The average Bonchev–Trinajstić information content (AvgIpc) is 1.41. The molecule has 4 unspecified atom stereocenters. The molecule has 8 aromatic rings. The zero-order chi connectivity index (χ0) is 73.5. The predicted octanol–water partition coefficient (Wildman–Crippen LogP) is 10.7. The van der Waals surface area contributed by atoms with Crippen molar-refractivity contribution in [3.63, 3.8) is 0 Å². The van der Waals surface area contributed by atoms with Crippen LogP contribution in [-0.2, 0) is 57.2 Å².